The Balaban J connectivity index is 1.84. The molecular formula is C20H22N2O4. The molecule has 136 valence electrons. The molecule has 0 aliphatic heterocycles. The Morgan fingerprint density at radius 3 is 2.42 bits per heavy atom. The fourth-order valence-electron chi connectivity index (χ4n) is 2.21. The highest BCUT2D eigenvalue weighted by molar-refractivity contribution is 5.93. The normalized spacial score (nSPS) is 11.8. The van der Waals surface area contributed by atoms with Gasteiger partial charge in [0.15, 0.2) is 0 Å². The second-order valence-corrected chi connectivity index (χ2v) is 5.63. The van der Waals surface area contributed by atoms with Gasteiger partial charge >= 0.3 is 0 Å². The fourth-order valence-corrected chi connectivity index (χ4v) is 2.21. The van der Waals surface area contributed by atoms with Crippen LogP contribution in [0.1, 0.15) is 29.3 Å². The maximum atomic E-state index is 12.0. The van der Waals surface area contributed by atoms with Gasteiger partial charge in [-0.3, -0.25) is 14.8 Å². The molecule has 0 aromatic heterocycles. The molecule has 0 aliphatic carbocycles. The minimum Gasteiger partial charge on any atom is -0.491 e. The van der Waals surface area contributed by atoms with Gasteiger partial charge in [-0.05, 0) is 42.3 Å². The van der Waals surface area contributed by atoms with Crippen molar-refractivity contribution < 1.29 is 19.5 Å². The summed E-state index contributed by atoms with van der Waals surface area (Å²) in [5.74, 6) is -0.188. The zero-order valence-corrected chi connectivity index (χ0v) is 14.5. The molecule has 6 heteroatoms. The van der Waals surface area contributed by atoms with Crippen molar-refractivity contribution in [2.45, 2.75) is 19.4 Å². The second kappa shape index (κ2) is 10.0. The average Bonchev–Trinajstić information content (AvgIpc) is 2.70. The molecule has 0 spiro atoms. The number of benzene rings is 2. The third-order valence-electron chi connectivity index (χ3n) is 3.74. The molecule has 26 heavy (non-hydrogen) atoms. The number of carbonyl (C=O) groups excluding carboxylic acids is 2. The summed E-state index contributed by atoms with van der Waals surface area (Å²) >= 11 is 0. The van der Waals surface area contributed by atoms with E-state index in [9.17, 15) is 9.59 Å². The number of hydrogen-bond acceptors (Lipinski definition) is 4. The summed E-state index contributed by atoms with van der Waals surface area (Å²) < 4.78 is 5.66. The molecule has 2 rings (SSSR count). The summed E-state index contributed by atoms with van der Waals surface area (Å²) in [6.45, 7) is 2.27. The van der Waals surface area contributed by atoms with Crippen LogP contribution in [0.4, 0.5) is 0 Å². The molecular weight excluding hydrogens is 332 g/mol. The van der Waals surface area contributed by atoms with Crippen molar-refractivity contribution in [2.24, 2.45) is 0 Å². The Morgan fingerprint density at radius 1 is 1.12 bits per heavy atom. The Labute approximate surface area is 152 Å². The van der Waals surface area contributed by atoms with Crippen LogP contribution in [0.2, 0.25) is 0 Å². The minimum absolute atomic E-state index is 0.136. The first kappa shape index (κ1) is 19.2. The van der Waals surface area contributed by atoms with Gasteiger partial charge < -0.3 is 10.1 Å². The molecule has 2 aromatic carbocycles. The lowest BCUT2D eigenvalue weighted by Crippen LogP contribution is -2.37. The van der Waals surface area contributed by atoms with Crippen LogP contribution in [0.3, 0.4) is 0 Å². The van der Waals surface area contributed by atoms with Crippen molar-refractivity contribution in [3.8, 4) is 5.75 Å². The molecule has 0 bridgehead atoms. The van der Waals surface area contributed by atoms with Crippen molar-refractivity contribution in [3.63, 3.8) is 0 Å². The highest BCUT2D eigenvalue weighted by Gasteiger charge is 2.10. The van der Waals surface area contributed by atoms with E-state index in [-0.39, 0.29) is 11.9 Å². The lowest BCUT2D eigenvalue weighted by Gasteiger charge is -2.17. The summed E-state index contributed by atoms with van der Waals surface area (Å²) in [6, 6.07) is 15.8. The first-order valence-corrected chi connectivity index (χ1v) is 8.33. The number of carbonyl (C=O) groups is 2. The molecule has 0 unspecified atom stereocenters. The zero-order valence-electron chi connectivity index (χ0n) is 14.5. The number of ether oxygens (including phenoxy) is 1. The van der Waals surface area contributed by atoms with Crippen LogP contribution < -0.4 is 15.5 Å². The van der Waals surface area contributed by atoms with Gasteiger partial charge in [0.2, 0.25) is 5.91 Å². The molecule has 0 aliphatic rings. The molecule has 1 atom stereocenters. The molecule has 2 aromatic rings. The topological polar surface area (TPSA) is 87.7 Å². The van der Waals surface area contributed by atoms with Crippen LogP contribution in [0.15, 0.2) is 60.7 Å². The lowest BCUT2D eigenvalue weighted by molar-refractivity contribution is -0.117. The Morgan fingerprint density at radius 2 is 1.81 bits per heavy atom. The smallest absolute Gasteiger partial charge is 0.274 e. The highest BCUT2D eigenvalue weighted by atomic mass is 16.5. The Bertz CT molecular complexity index is 742. The van der Waals surface area contributed by atoms with Crippen molar-refractivity contribution in [3.05, 3.63) is 71.8 Å². The Hall–Kier alpha value is -3.12. The third kappa shape index (κ3) is 6.07. The summed E-state index contributed by atoms with van der Waals surface area (Å²) in [5, 5.41) is 11.5. The first-order valence-electron chi connectivity index (χ1n) is 8.33. The predicted molar refractivity (Wildman–Crippen MR) is 98.9 cm³/mol. The zero-order chi connectivity index (χ0) is 18.8. The van der Waals surface area contributed by atoms with Gasteiger partial charge in [-0.2, -0.15) is 0 Å². The molecule has 0 heterocycles. The molecule has 0 saturated carbocycles. The first-order chi connectivity index (χ1) is 12.6. The van der Waals surface area contributed by atoms with Gasteiger partial charge in [0.1, 0.15) is 12.4 Å². The van der Waals surface area contributed by atoms with Crippen molar-refractivity contribution in [1.29, 1.82) is 0 Å². The van der Waals surface area contributed by atoms with E-state index in [4.69, 9.17) is 9.94 Å². The van der Waals surface area contributed by atoms with Crippen LogP contribution in [0, 0.1) is 0 Å². The molecule has 0 radical (unpaired) electrons. The van der Waals surface area contributed by atoms with Gasteiger partial charge in [-0.1, -0.05) is 37.3 Å². The van der Waals surface area contributed by atoms with Crippen LogP contribution >= 0.6 is 0 Å². The quantitative estimate of drug-likeness (QED) is 0.386. The van der Waals surface area contributed by atoms with E-state index in [0.717, 1.165) is 12.0 Å². The van der Waals surface area contributed by atoms with Crippen LogP contribution in [0.5, 0.6) is 5.75 Å². The van der Waals surface area contributed by atoms with Crippen LogP contribution in [-0.4, -0.2) is 29.7 Å². The maximum absolute atomic E-state index is 12.0. The van der Waals surface area contributed by atoms with E-state index in [1.807, 2.05) is 37.3 Å². The van der Waals surface area contributed by atoms with E-state index in [0.29, 0.717) is 17.9 Å². The summed E-state index contributed by atoms with van der Waals surface area (Å²) in [6.07, 6.45) is 3.98. The molecule has 3 N–H and O–H groups in total. The highest BCUT2D eigenvalue weighted by Crippen LogP contribution is 2.13. The predicted octanol–water partition coefficient (Wildman–Crippen LogP) is 2.79. The van der Waals surface area contributed by atoms with Gasteiger partial charge in [0, 0.05) is 11.6 Å². The molecule has 0 fully saturated rings. The van der Waals surface area contributed by atoms with E-state index < -0.39 is 5.91 Å². The van der Waals surface area contributed by atoms with E-state index in [1.165, 1.54) is 6.08 Å². The van der Waals surface area contributed by atoms with E-state index >= 15 is 0 Å². The number of rotatable bonds is 8. The SMILES string of the molecule is CC[C@@H](COc1ccc(C(=O)NO)cc1)NC(=O)C=Cc1ccccc1. The Kier molecular flexibility index (Phi) is 7.39. The van der Waals surface area contributed by atoms with Gasteiger partial charge in [0.25, 0.3) is 5.91 Å². The fraction of sp³-hybridized carbons (Fsp3) is 0.200. The molecule has 6 nitrogen and oxygen atoms in total. The summed E-state index contributed by atoms with van der Waals surface area (Å²) in [7, 11) is 0. The molecule has 2 amide bonds. The average molecular weight is 354 g/mol. The van der Waals surface area contributed by atoms with E-state index in [2.05, 4.69) is 5.32 Å². The number of nitrogens with one attached hydrogen (secondary N) is 2. The van der Waals surface area contributed by atoms with Crippen molar-refractivity contribution >= 4 is 17.9 Å². The lowest BCUT2D eigenvalue weighted by atomic mass is 10.2. The maximum Gasteiger partial charge on any atom is 0.274 e. The monoisotopic (exact) mass is 354 g/mol. The van der Waals surface area contributed by atoms with Gasteiger partial charge in [-0.25, -0.2) is 5.48 Å². The third-order valence-corrected chi connectivity index (χ3v) is 3.74. The second-order valence-electron chi connectivity index (χ2n) is 5.63. The van der Waals surface area contributed by atoms with Crippen molar-refractivity contribution in [1.82, 2.24) is 10.8 Å². The standard InChI is InChI=1S/C20H22N2O4/c1-2-17(21-19(23)13-8-15-6-4-3-5-7-15)14-26-18-11-9-16(10-12-18)20(24)22-25/h3-13,17,25H,2,14H2,1H3,(H,21,23)(H,22,24)/t17-/m0/s1. The van der Waals surface area contributed by atoms with Crippen LogP contribution in [0.25, 0.3) is 6.08 Å². The molecule has 0 saturated heterocycles. The van der Waals surface area contributed by atoms with E-state index in [1.54, 1.807) is 35.8 Å². The number of hydrogen-bond donors (Lipinski definition) is 3. The number of hydroxylamine groups is 1. The summed E-state index contributed by atoms with van der Waals surface area (Å²) in [5.41, 5.74) is 2.85. The number of amides is 2. The minimum atomic E-state index is -0.583. The van der Waals surface area contributed by atoms with Crippen LogP contribution in [-0.2, 0) is 4.79 Å². The largest absolute Gasteiger partial charge is 0.491 e. The van der Waals surface area contributed by atoms with Gasteiger partial charge in [0.05, 0.1) is 6.04 Å². The summed E-state index contributed by atoms with van der Waals surface area (Å²) in [4.78, 5) is 23.3. The van der Waals surface area contributed by atoms with Gasteiger partial charge in [-0.15, -0.1) is 0 Å². The van der Waals surface area contributed by atoms with Crippen molar-refractivity contribution in [2.75, 3.05) is 6.61 Å².